The maximum absolute atomic E-state index is 12.8. The molecule has 0 radical (unpaired) electrons. The van der Waals surface area contributed by atoms with Gasteiger partial charge in [-0.2, -0.15) is 0 Å². The molecule has 0 bridgehead atoms. The van der Waals surface area contributed by atoms with Gasteiger partial charge in [-0.1, -0.05) is 6.92 Å². The zero-order valence-corrected chi connectivity index (χ0v) is 14.7. The molecule has 1 amide bonds. The van der Waals surface area contributed by atoms with Gasteiger partial charge in [0, 0.05) is 37.7 Å². The van der Waals surface area contributed by atoms with E-state index < -0.39 is 5.79 Å². The van der Waals surface area contributed by atoms with Gasteiger partial charge in [0.1, 0.15) is 5.69 Å². The molecule has 132 valence electrons. The lowest BCUT2D eigenvalue weighted by Crippen LogP contribution is -2.47. The Morgan fingerprint density at radius 1 is 1.33 bits per heavy atom. The number of aryl methyl sites for hydroxylation is 1. The summed E-state index contributed by atoms with van der Waals surface area (Å²) in [7, 11) is 0. The quantitative estimate of drug-likeness (QED) is 0.907. The number of nitrogens with zero attached hydrogens (tertiary/aromatic N) is 3. The predicted molar refractivity (Wildman–Crippen MR) is 89.9 cm³/mol. The third kappa shape index (κ3) is 3.67. The summed E-state index contributed by atoms with van der Waals surface area (Å²) < 4.78 is 11.4. The molecule has 0 aromatic carbocycles. The summed E-state index contributed by atoms with van der Waals surface area (Å²) in [5.74, 6) is -0.00838. The van der Waals surface area contributed by atoms with Crippen LogP contribution in [0.2, 0.25) is 0 Å². The highest BCUT2D eigenvalue weighted by molar-refractivity contribution is 5.92. The molecule has 24 heavy (non-hydrogen) atoms. The predicted octanol–water partition coefficient (Wildman–Crippen LogP) is 1.97. The summed E-state index contributed by atoms with van der Waals surface area (Å²) in [5, 5.41) is 3.24. The van der Waals surface area contributed by atoms with Crippen molar-refractivity contribution in [1.29, 1.82) is 0 Å². The van der Waals surface area contributed by atoms with Crippen LogP contribution < -0.4 is 5.32 Å². The van der Waals surface area contributed by atoms with Gasteiger partial charge in [0.05, 0.1) is 13.2 Å². The molecule has 1 atom stereocenters. The summed E-state index contributed by atoms with van der Waals surface area (Å²) in [5.41, 5.74) is 1.23. The van der Waals surface area contributed by atoms with Crippen LogP contribution in [0.15, 0.2) is 6.07 Å². The minimum absolute atomic E-state index is 0.0550. The molecule has 1 spiro atoms. The zero-order valence-electron chi connectivity index (χ0n) is 14.7. The third-order valence-corrected chi connectivity index (χ3v) is 4.69. The number of nitrogens with one attached hydrogen (secondary N) is 1. The Morgan fingerprint density at radius 2 is 2.00 bits per heavy atom. The first-order valence-corrected chi connectivity index (χ1v) is 8.71. The molecular weight excluding hydrogens is 308 g/mol. The van der Waals surface area contributed by atoms with Gasteiger partial charge in [-0.15, -0.1) is 0 Å². The number of rotatable bonds is 4. The molecule has 7 heteroatoms. The van der Waals surface area contributed by atoms with E-state index in [1.807, 2.05) is 11.8 Å². The Kier molecular flexibility index (Phi) is 5.01. The Hall–Kier alpha value is -1.73. The first kappa shape index (κ1) is 17.1. The molecule has 0 aliphatic carbocycles. The molecule has 1 aromatic heterocycles. The van der Waals surface area contributed by atoms with Crippen LogP contribution in [0, 0.1) is 6.92 Å². The fourth-order valence-electron chi connectivity index (χ4n) is 3.06. The molecule has 2 saturated heterocycles. The molecule has 2 aliphatic rings. The van der Waals surface area contributed by atoms with E-state index in [1.165, 1.54) is 0 Å². The van der Waals surface area contributed by atoms with Crippen molar-refractivity contribution in [3.63, 3.8) is 0 Å². The van der Waals surface area contributed by atoms with Crippen LogP contribution in [0.3, 0.4) is 0 Å². The number of hydrogen-bond acceptors (Lipinski definition) is 6. The number of ether oxygens (including phenoxy) is 2. The van der Waals surface area contributed by atoms with Crippen molar-refractivity contribution >= 4 is 11.9 Å². The largest absolute Gasteiger partial charge is 0.352 e. The van der Waals surface area contributed by atoms with Crippen molar-refractivity contribution in [1.82, 2.24) is 14.9 Å². The van der Waals surface area contributed by atoms with Gasteiger partial charge in [-0.3, -0.25) is 4.79 Å². The Morgan fingerprint density at radius 3 is 2.62 bits per heavy atom. The number of carbonyl (C=O) groups excluding carboxylic acids is 1. The van der Waals surface area contributed by atoms with Crippen LogP contribution in [0.25, 0.3) is 0 Å². The lowest BCUT2D eigenvalue weighted by atomic mass is 10.0. The molecule has 1 aromatic rings. The molecule has 3 heterocycles. The van der Waals surface area contributed by atoms with Gasteiger partial charge in [0.15, 0.2) is 5.79 Å². The summed E-state index contributed by atoms with van der Waals surface area (Å²) in [6, 6.07) is 2.01. The second-order valence-corrected chi connectivity index (χ2v) is 6.57. The number of hydrogen-bond donors (Lipinski definition) is 1. The SMILES string of the molecule is CCC(C)Nc1nc(C)cc(C(=O)N2CCC3(CC2)OCCO3)n1. The van der Waals surface area contributed by atoms with Crippen LogP contribution >= 0.6 is 0 Å². The average Bonchev–Trinajstić information content (AvgIpc) is 3.02. The summed E-state index contributed by atoms with van der Waals surface area (Å²) in [6.45, 7) is 8.57. The van der Waals surface area contributed by atoms with E-state index in [9.17, 15) is 4.79 Å². The maximum atomic E-state index is 12.8. The molecule has 3 rings (SSSR count). The summed E-state index contributed by atoms with van der Waals surface area (Å²) in [4.78, 5) is 23.4. The Balaban J connectivity index is 1.68. The van der Waals surface area contributed by atoms with Gasteiger partial charge in [-0.05, 0) is 26.3 Å². The highest BCUT2D eigenvalue weighted by atomic mass is 16.7. The van der Waals surface area contributed by atoms with Gasteiger partial charge in [0.2, 0.25) is 5.95 Å². The van der Waals surface area contributed by atoms with Crippen molar-refractivity contribution < 1.29 is 14.3 Å². The van der Waals surface area contributed by atoms with E-state index in [4.69, 9.17) is 9.47 Å². The molecule has 2 fully saturated rings. The average molecular weight is 334 g/mol. The van der Waals surface area contributed by atoms with E-state index in [2.05, 4.69) is 29.1 Å². The maximum Gasteiger partial charge on any atom is 0.272 e. The van der Waals surface area contributed by atoms with E-state index in [-0.39, 0.29) is 11.9 Å². The highest BCUT2D eigenvalue weighted by Crippen LogP contribution is 2.31. The van der Waals surface area contributed by atoms with Gasteiger partial charge in [-0.25, -0.2) is 9.97 Å². The second-order valence-electron chi connectivity index (χ2n) is 6.57. The Labute approximate surface area is 142 Å². The van der Waals surface area contributed by atoms with E-state index in [0.717, 1.165) is 12.1 Å². The van der Waals surface area contributed by atoms with Crippen LogP contribution in [0.4, 0.5) is 5.95 Å². The number of amides is 1. The lowest BCUT2D eigenvalue weighted by Gasteiger charge is -2.37. The van der Waals surface area contributed by atoms with Crippen molar-refractivity contribution in [3.05, 3.63) is 17.5 Å². The molecule has 1 N–H and O–H groups in total. The highest BCUT2D eigenvalue weighted by Gasteiger charge is 2.41. The standard InChI is InChI=1S/C17H26N4O3/c1-4-12(2)18-16-19-13(3)11-14(20-16)15(22)21-7-5-17(6-8-21)23-9-10-24-17/h11-12H,4-10H2,1-3H3,(H,18,19,20). The van der Waals surface area contributed by atoms with Crippen LogP contribution in [0.1, 0.15) is 49.3 Å². The monoisotopic (exact) mass is 334 g/mol. The van der Waals surface area contributed by atoms with E-state index in [1.54, 1.807) is 6.07 Å². The molecule has 0 saturated carbocycles. The number of aromatic nitrogens is 2. The van der Waals surface area contributed by atoms with E-state index in [0.29, 0.717) is 50.8 Å². The van der Waals surface area contributed by atoms with Gasteiger partial charge >= 0.3 is 0 Å². The van der Waals surface area contributed by atoms with Crippen molar-refractivity contribution in [3.8, 4) is 0 Å². The number of anilines is 1. The molecule has 7 nitrogen and oxygen atoms in total. The minimum Gasteiger partial charge on any atom is -0.352 e. The number of likely N-dealkylation sites (tertiary alicyclic amines) is 1. The van der Waals surface area contributed by atoms with Crippen LogP contribution in [-0.2, 0) is 9.47 Å². The normalized spacial score (nSPS) is 21.0. The van der Waals surface area contributed by atoms with Crippen molar-refractivity contribution in [2.75, 3.05) is 31.6 Å². The zero-order chi connectivity index (χ0) is 17.2. The fourth-order valence-corrected chi connectivity index (χ4v) is 3.06. The van der Waals surface area contributed by atoms with Crippen molar-refractivity contribution in [2.45, 2.75) is 51.9 Å². The lowest BCUT2D eigenvalue weighted by molar-refractivity contribution is -0.181. The van der Waals surface area contributed by atoms with Crippen LogP contribution in [-0.4, -0.2) is 58.9 Å². The number of carbonyl (C=O) groups is 1. The first-order chi connectivity index (χ1) is 11.5. The molecule has 1 unspecified atom stereocenters. The van der Waals surface area contributed by atoms with Gasteiger partial charge < -0.3 is 19.7 Å². The molecule has 2 aliphatic heterocycles. The topological polar surface area (TPSA) is 76.6 Å². The van der Waals surface area contributed by atoms with Gasteiger partial charge in [0.25, 0.3) is 5.91 Å². The first-order valence-electron chi connectivity index (χ1n) is 8.71. The summed E-state index contributed by atoms with van der Waals surface area (Å²) in [6.07, 6.45) is 2.39. The molecular formula is C17H26N4O3. The second kappa shape index (κ2) is 7.03. The minimum atomic E-state index is -0.471. The number of piperidine rings is 1. The summed E-state index contributed by atoms with van der Waals surface area (Å²) >= 11 is 0. The van der Waals surface area contributed by atoms with Crippen molar-refractivity contribution in [2.24, 2.45) is 0 Å². The third-order valence-electron chi connectivity index (χ3n) is 4.69. The fraction of sp³-hybridized carbons (Fsp3) is 0.706. The van der Waals surface area contributed by atoms with Crippen LogP contribution in [0.5, 0.6) is 0 Å². The Bertz CT molecular complexity index is 591. The van der Waals surface area contributed by atoms with E-state index >= 15 is 0 Å². The smallest absolute Gasteiger partial charge is 0.272 e.